The van der Waals surface area contributed by atoms with E-state index in [-0.39, 0.29) is 0 Å². The number of hydrogen-bond acceptors (Lipinski definition) is 0. The normalized spacial score (nSPS) is 12.1. The highest BCUT2D eigenvalue weighted by Gasteiger charge is 1.81. The molecule has 0 spiro atoms. The number of rotatable bonds is 3. The highest BCUT2D eigenvalue weighted by atomic mass is 19.1. The summed E-state index contributed by atoms with van der Waals surface area (Å²) in [5.74, 6) is 0. The van der Waals surface area contributed by atoms with Crippen molar-refractivity contribution in [1.29, 1.82) is 0 Å². The Balaban J connectivity index is 3.26. The van der Waals surface area contributed by atoms with Crippen LogP contribution >= 0.6 is 0 Å². The fraction of sp³-hybridized carbons (Fsp3) is 0.571. The van der Waals surface area contributed by atoms with E-state index in [1.807, 2.05) is 13.0 Å². The van der Waals surface area contributed by atoms with Crippen LogP contribution < -0.4 is 0 Å². The van der Waals surface area contributed by atoms with Crippen molar-refractivity contribution in [2.24, 2.45) is 0 Å². The van der Waals surface area contributed by atoms with Crippen molar-refractivity contribution < 1.29 is 4.39 Å². The van der Waals surface area contributed by atoms with Gasteiger partial charge in [0, 0.05) is 0 Å². The van der Waals surface area contributed by atoms with Gasteiger partial charge in [0.1, 0.15) is 6.67 Å². The fourth-order valence-corrected chi connectivity index (χ4v) is 0.390. The van der Waals surface area contributed by atoms with Gasteiger partial charge in [0.05, 0.1) is 0 Å². The molecule has 0 amide bonds. The molecule has 0 bridgehead atoms. The molecule has 0 saturated carbocycles. The van der Waals surface area contributed by atoms with Crippen molar-refractivity contribution >= 4 is 0 Å². The van der Waals surface area contributed by atoms with E-state index < -0.39 is 0 Å². The van der Waals surface area contributed by atoms with Crippen LogP contribution in [0, 0.1) is 6.67 Å². The van der Waals surface area contributed by atoms with Gasteiger partial charge < -0.3 is 0 Å². The standard InChI is InChI=1S/C7H12F/c1-3-7(2)5-4-6-8/h5-6H,3-4H2,1-2H3/b7-5+. The molecule has 1 radical (unpaired) electrons. The van der Waals surface area contributed by atoms with E-state index in [1.54, 1.807) is 0 Å². The Labute approximate surface area is 50.4 Å². The van der Waals surface area contributed by atoms with Crippen LogP contribution in [0.4, 0.5) is 4.39 Å². The molecule has 0 heterocycles. The Morgan fingerprint density at radius 3 is 2.62 bits per heavy atom. The first kappa shape index (κ1) is 7.67. The smallest absolute Gasteiger partial charge is 0.135 e. The second-order valence-electron chi connectivity index (χ2n) is 1.79. The van der Waals surface area contributed by atoms with Gasteiger partial charge in [0.2, 0.25) is 0 Å². The van der Waals surface area contributed by atoms with Crippen molar-refractivity contribution in [3.8, 4) is 0 Å². The van der Waals surface area contributed by atoms with Gasteiger partial charge >= 0.3 is 0 Å². The highest BCUT2D eigenvalue weighted by molar-refractivity contribution is 4.97. The Kier molecular flexibility index (Phi) is 4.62. The van der Waals surface area contributed by atoms with Crippen LogP contribution in [0.5, 0.6) is 0 Å². The van der Waals surface area contributed by atoms with Crippen molar-refractivity contribution in [2.45, 2.75) is 26.7 Å². The van der Waals surface area contributed by atoms with E-state index in [0.717, 1.165) is 6.42 Å². The topological polar surface area (TPSA) is 0 Å². The average molecular weight is 115 g/mol. The van der Waals surface area contributed by atoms with Crippen LogP contribution in [0.15, 0.2) is 11.6 Å². The number of halogens is 1. The summed E-state index contributed by atoms with van der Waals surface area (Å²) in [6, 6.07) is 0. The minimum Gasteiger partial charge on any atom is -0.244 e. The third-order valence-electron chi connectivity index (χ3n) is 1.11. The molecule has 0 aliphatic heterocycles. The molecule has 0 aromatic rings. The van der Waals surface area contributed by atoms with Crippen LogP contribution in [0.3, 0.4) is 0 Å². The van der Waals surface area contributed by atoms with E-state index in [2.05, 4.69) is 6.92 Å². The fourth-order valence-electron chi connectivity index (χ4n) is 0.390. The number of allylic oxidation sites excluding steroid dienone is 2. The largest absolute Gasteiger partial charge is 0.244 e. The monoisotopic (exact) mass is 115 g/mol. The second kappa shape index (κ2) is 4.82. The van der Waals surface area contributed by atoms with Gasteiger partial charge in [-0.25, -0.2) is 4.39 Å². The van der Waals surface area contributed by atoms with Crippen molar-refractivity contribution in [1.82, 2.24) is 0 Å². The lowest BCUT2D eigenvalue weighted by atomic mass is 10.2. The molecular weight excluding hydrogens is 103 g/mol. The number of hydrogen-bond donors (Lipinski definition) is 0. The molecule has 0 fully saturated rings. The molecule has 0 aromatic carbocycles. The average Bonchev–Trinajstić information content (AvgIpc) is 1.83. The molecule has 0 aliphatic rings. The molecule has 1 heteroatoms. The van der Waals surface area contributed by atoms with E-state index in [4.69, 9.17) is 0 Å². The van der Waals surface area contributed by atoms with Crippen molar-refractivity contribution in [2.75, 3.05) is 0 Å². The molecule has 0 N–H and O–H groups in total. The lowest BCUT2D eigenvalue weighted by Crippen LogP contribution is -1.70. The summed E-state index contributed by atoms with van der Waals surface area (Å²) in [4.78, 5) is 0. The molecule has 0 aromatic heterocycles. The Morgan fingerprint density at radius 2 is 2.25 bits per heavy atom. The predicted molar refractivity (Wildman–Crippen MR) is 34.1 cm³/mol. The van der Waals surface area contributed by atoms with Gasteiger partial charge in [0.15, 0.2) is 0 Å². The zero-order chi connectivity index (χ0) is 6.41. The van der Waals surface area contributed by atoms with Gasteiger partial charge in [0.25, 0.3) is 0 Å². The lowest BCUT2D eigenvalue weighted by molar-refractivity contribution is 0.603. The second-order valence-corrected chi connectivity index (χ2v) is 1.79. The molecule has 47 valence electrons. The molecule has 8 heavy (non-hydrogen) atoms. The van der Waals surface area contributed by atoms with Crippen molar-refractivity contribution in [3.05, 3.63) is 18.3 Å². The van der Waals surface area contributed by atoms with E-state index in [1.165, 1.54) is 5.57 Å². The molecule has 0 saturated heterocycles. The van der Waals surface area contributed by atoms with Crippen LogP contribution in [0.25, 0.3) is 0 Å². The molecule has 0 atom stereocenters. The molecule has 0 aliphatic carbocycles. The Hall–Kier alpha value is -0.330. The summed E-state index contributed by atoms with van der Waals surface area (Å²) in [6.07, 6.45) is 3.37. The molecular formula is C7H12F. The Bertz CT molecular complexity index is 74.5. The minimum absolute atomic E-state index is 0.458. The minimum atomic E-state index is 0.458. The van der Waals surface area contributed by atoms with Crippen LogP contribution in [-0.2, 0) is 0 Å². The summed E-state index contributed by atoms with van der Waals surface area (Å²) in [5.41, 5.74) is 1.25. The van der Waals surface area contributed by atoms with Gasteiger partial charge in [-0.2, -0.15) is 0 Å². The summed E-state index contributed by atoms with van der Waals surface area (Å²) < 4.78 is 11.3. The van der Waals surface area contributed by atoms with Crippen molar-refractivity contribution in [3.63, 3.8) is 0 Å². The maximum Gasteiger partial charge on any atom is 0.135 e. The van der Waals surface area contributed by atoms with Crippen LogP contribution in [0.2, 0.25) is 0 Å². The SMILES string of the molecule is CC/C(C)=C/C[CH]F. The van der Waals surface area contributed by atoms with E-state index >= 15 is 0 Å². The maximum atomic E-state index is 11.3. The predicted octanol–water partition coefficient (Wildman–Crippen LogP) is 2.86. The first-order chi connectivity index (χ1) is 3.81. The Morgan fingerprint density at radius 1 is 1.62 bits per heavy atom. The maximum absolute atomic E-state index is 11.3. The lowest BCUT2D eigenvalue weighted by Gasteiger charge is -1.89. The van der Waals surface area contributed by atoms with Gasteiger partial charge in [-0.3, -0.25) is 0 Å². The van der Waals surface area contributed by atoms with Gasteiger partial charge in [-0.15, -0.1) is 0 Å². The summed E-state index contributed by atoms with van der Waals surface area (Å²) in [7, 11) is 0. The summed E-state index contributed by atoms with van der Waals surface area (Å²) in [6.45, 7) is 4.73. The first-order valence-electron chi connectivity index (χ1n) is 2.88. The van der Waals surface area contributed by atoms with E-state index in [9.17, 15) is 4.39 Å². The third-order valence-corrected chi connectivity index (χ3v) is 1.11. The molecule has 0 unspecified atom stereocenters. The zero-order valence-corrected chi connectivity index (χ0v) is 5.45. The summed E-state index contributed by atoms with van der Waals surface area (Å²) >= 11 is 0. The van der Waals surface area contributed by atoms with Gasteiger partial charge in [-0.1, -0.05) is 18.6 Å². The van der Waals surface area contributed by atoms with Crippen LogP contribution in [-0.4, -0.2) is 0 Å². The zero-order valence-electron chi connectivity index (χ0n) is 5.45. The van der Waals surface area contributed by atoms with E-state index in [0.29, 0.717) is 13.1 Å². The first-order valence-corrected chi connectivity index (χ1v) is 2.88. The molecule has 0 nitrogen and oxygen atoms in total. The summed E-state index contributed by atoms with van der Waals surface area (Å²) in [5, 5.41) is 0. The quantitative estimate of drug-likeness (QED) is 0.496. The third kappa shape index (κ3) is 3.85. The van der Waals surface area contributed by atoms with Crippen LogP contribution in [0.1, 0.15) is 26.7 Å². The highest BCUT2D eigenvalue weighted by Crippen LogP contribution is 2.00. The van der Waals surface area contributed by atoms with Gasteiger partial charge in [-0.05, 0) is 19.8 Å². The molecule has 0 rings (SSSR count).